The van der Waals surface area contributed by atoms with E-state index < -0.39 is 17.8 Å². The van der Waals surface area contributed by atoms with E-state index in [1.54, 1.807) is 6.20 Å². The number of benzene rings is 1. The lowest BCUT2D eigenvalue weighted by molar-refractivity contribution is -0.136. The molecule has 1 N–H and O–H groups in total. The topological polar surface area (TPSA) is 63.6 Å². The fourth-order valence-electron chi connectivity index (χ4n) is 2.45. The van der Waals surface area contributed by atoms with Crippen molar-refractivity contribution < 1.29 is 13.9 Å². The number of nitrogens with zero attached hydrogens (tertiary/aromatic N) is 2. The lowest BCUT2D eigenvalue weighted by Crippen LogP contribution is -2.34. The van der Waals surface area contributed by atoms with Crippen molar-refractivity contribution in [2.45, 2.75) is 6.04 Å². The molecule has 0 unspecified atom stereocenters. The van der Waals surface area contributed by atoms with Crippen molar-refractivity contribution >= 4 is 50.7 Å². The molecule has 0 amide bonds. The summed E-state index contributed by atoms with van der Waals surface area (Å²) in [6.07, 6.45) is 1.66. The van der Waals surface area contributed by atoms with Crippen molar-refractivity contribution in [3.05, 3.63) is 62.5 Å². The average Bonchev–Trinajstić information content (AvgIpc) is 3.14. The number of alkyl halides is 1. The molecule has 0 spiro atoms. The maximum Gasteiger partial charge on any atom is 0.338 e. The predicted octanol–water partition coefficient (Wildman–Crippen LogP) is 3.85. The SMILES string of the molecule is COC(=O)C1=C(CBr)NC(c2nccs2)=N[C@@H]1c1ccc(F)cc1Cl. The number of esters is 1. The van der Waals surface area contributed by atoms with Crippen LogP contribution in [-0.4, -0.2) is 29.2 Å². The number of halogens is 3. The van der Waals surface area contributed by atoms with Crippen molar-refractivity contribution in [1.29, 1.82) is 0 Å². The number of rotatable bonds is 4. The Kier molecular flexibility index (Phi) is 5.51. The van der Waals surface area contributed by atoms with Gasteiger partial charge in [-0.3, -0.25) is 4.99 Å². The molecule has 2 heterocycles. The van der Waals surface area contributed by atoms with Gasteiger partial charge in [0.15, 0.2) is 10.8 Å². The minimum atomic E-state index is -0.728. The molecule has 0 bridgehead atoms. The highest BCUT2D eigenvalue weighted by atomic mass is 79.9. The third kappa shape index (κ3) is 3.61. The van der Waals surface area contributed by atoms with Gasteiger partial charge in [-0.05, 0) is 12.1 Å². The first-order valence-corrected chi connectivity index (χ1v) is 9.50. The highest BCUT2D eigenvalue weighted by Gasteiger charge is 2.33. The average molecular weight is 445 g/mol. The maximum atomic E-state index is 13.4. The number of amidine groups is 1. The molecule has 1 aliphatic heterocycles. The normalized spacial score (nSPS) is 17.1. The van der Waals surface area contributed by atoms with Crippen LogP contribution < -0.4 is 5.32 Å². The van der Waals surface area contributed by atoms with E-state index in [-0.39, 0.29) is 5.02 Å². The van der Waals surface area contributed by atoms with Gasteiger partial charge in [0.25, 0.3) is 0 Å². The van der Waals surface area contributed by atoms with Gasteiger partial charge < -0.3 is 10.1 Å². The van der Waals surface area contributed by atoms with Gasteiger partial charge in [-0.15, -0.1) is 11.3 Å². The molecule has 1 aromatic carbocycles. The van der Waals surface area contributed by atoms with Crippen LogP contribution in [-0.2, 0) is 9.53 Å². The van der Waals surface area contributed by atoms with Crippen molar-refractivity contribution in [2.24, 2.45) is 4.99 Å². The van der Waals surface area contributed by atoms with Crippen LogP contribution >= 0.6 is 38.9 Å². The molecule has 25 heavy (non-hydrogen) atoms. The Balaban J connectivity index is 2.17. The van der Waals surface area contributed by atoms with E-state index >= 15 is 0 Å². The molecule has 5 nitrogen and oxygen atoms in total. The van der Waals surface area contributed by atoms with Gasteiger partial charge in [-0.2, -0.15) is 0 Å². The Morgan fingerprint density at radius 3 is 2.92 bits per heavy atom. The number of carbonyl (C=O) groups is 1. The van der Waals surface area contributed by atoms with Gasteiger partial charge in [-0.25, -0.2) is 14.2 Å². The number of ether oxygens (including phenoxy) is 1. The van der Waals surface area contributed by atoms with E-state index in [1.807, 2.05) is 5.38 Å². The molecule has 3 rings (SSSR count). The zero-order valence-corrected chi connectivity index (χ0v) is 16.1. The van der Waals surface area contributed by atoms with Crippen molar-refractivity contribution in [1.82, 2.24) is 10.3 Å². The summed E-state index contributed by atoms with van der Waals surface area (Å²) in [4.78, 5) is 21.2. The molecule has 2 aromatic rings. The molecule has 1 atom stereocenters. The van der Waals surface area contributed by atoms with Crippen LogP contribution in [0.2, 0.25) is 5.02 Å². The van der Waals surface area contributed by atoms with Crippen LogP contribution in [0.3, 0.4) is 0 Å². The number of aromatic nitrogens is 1. The molecule has 130 valence electrons. The maximum absolute atomic E-state index is 13.4. The van der Waals surface area contributed by atoms with Gasteiger partial charge in [0.1, 0.15) is 11.9 Å². The van der Waals surface area contributed by atoms with Crippen molar-refractivity contribution in [2.75, 3.05) is 12.4 Å². The molecule has 0 radical (unpaired) electrons. The second-order valence-electron chi connectivity index (χ2n) is 5.03. The van der Waals surface area contributed by atoms with E-state index in [0.717, 1.165) is 0 Å². The third-order valence-electron chi connectivity index (χ3n) is 3.56. The molecule has 0 saturated heterocycles. The number of carbonyl (C=O) groups excluding carboxylic acids is 1. The Morgan fingerprint density at radius 1 is 1.52 bits per heavy atom. The highest BCUT2D eigenvalue weighted by molar-refractivity contribution is 9.09. The van der Waals surface area contributed by atoms with Crippen LogP contribution in [0.25, 0.3) is 0 Å². The van der Waals surface area contributed by atoms with Crippen molar-refractivity contribution in [3.63, 3.8) is 0 Å². The number of aliphatic imine (C=N–C) groups is 1. The fraction of sp³-hybridized carbons (Fsp3) is 0.188. The quantitative estimate of drug-likeness (QED) is 0.575. The Morgan fingerprint density at radius 2 is 2.32 bits per heavy atom. The molecule has 0 saturated carbocycles. The molecule has 1 aromatic heterocycles. The second kappa shape index (κ2) is 7.63. The molecule has 0 aliphatic carbocycles. The standard InChI is InChI=1S/C16H12BrClFN3O2S/c1-24-16(23)12-11(7-17)21-14(15-20-4-5-25-15)22-13(12)9-3-2-8(19)6-10(9)18/h2-6,13H,7H2,1H3,(H,21,22)/t13-/m1/s1. The molecule has 9 heteroatoms. The number of hydrogen-bond acceptors (Lipinski definition) is 6. The summed E-state index contributed by atoms with van der Waals surface area (Å²) in [6, 6.07) is 3.27. The summed E-state index contributed by atoms with van der Waals surface area (Å²) in [5.74, 6) is -0.479. The monoisotopic (exact) mass is 443 g/mol. The van der Waals surface area contributed by atoms with Gasteiger partial charge in [0.05, 0.1) is 12.7 Å². The van der Waals surface area contributed by atoms with E-state index in [4.69, 9.17) is 16.3 Å². The van der Waals surface area contributed by atoms with E-state index in [1.165, 1.54) is 36.6 Å². The van der Waals surface area contributed by atoms with Gasteiger partial charge in [0.2, 0.25) is 0 Å². The lowest BCUT2D eigenvalue weighted by Gasteiger charge is -2.26. The number of hydrogen-bond donors (Lipinski definition) is 1. The summed E-state index contributed by atoms with van der Waals surface area (Å²) in [5.41, 5.74) is 1.42. The van der Waals surface area contributed by atoms with Gasteiger partial charge in [-0.1, -0.05) is 33.6 Å². The van der Waals surface area contributed by atoms with Gasteiger partial charge in [0, 0.05) is 33.2 Å². The summed E-state index contributed by atoms with van der Waals surface area (Å²) >= 11 is 11.0. The fourth-order valence-corrected chi connectivity index (χ4v) is 3.75. The zero-order chi connectivity index (χ0) is 18.0. The Hall–Kier alpha value is -1.77. The second-order valence-corrected chi connectivity index (χ2v) is 6.89. The smallest absolute Gasteiger partial charge is 0.338 e. The van der Waals surface area contributed by atoms with E-state index in [9.17, 15) is 9.18 Å². The van der Waals surface area contributed by atoms with Crippen LogP contribution in [0.1, 0.15) is 16.6 Å². The number of methoxy groups -OCH3 is 1. The first kappa shape index (κ1) is 18.0. The first-order chi connectivity index (χ1) is 12.0. The predicted molar refractivity (Wildman–Crippen MR) is 98.8 cm³/mol. The van der Waals surface area contributed by atoms with Crippen LogP contribution in [0.4, 0.5) is 4.39 Å². The van der Waals surface area contributed by atoms with Gasteiger partial charge >= 0.3 is 5.97 Å². The lowest BCUT2D eigenvalue weighted by atomic mass is 9.96. The van der Waals surface area contributed by atoms with E-state index in [2.05, 4.69) is 31.2 Å². The largest absolute Gasteiger partial charge is 0.466 e. The minimum Gasteiger partial charge on any atom is -0.466 e. The minimum absolute atomic E-state index is 0.185. The Labute approximate surface area is 160 Å². The van der Waals surface area contributed by atoms with Crippen LogP contribution in [0, 0.1) is 5.82 Å². The van der Waals surface area contributed by atoms with Crippen molar-refractivity contribution in [3.8, 4) is 0 Å². The summed E-state index contributed by atoms with van der Waals surface area (Å²) in [6.45, 7) is 0. The Bertz CT molecular complexity index is 870. The molecular formula is C16H12BrClFN3O2S. The highest BCUT2D eigenvalue weighted by Crippen LogP contribution is 2.36. The zero-order valence-electron chi connectivity index (χ0n) is 12.9. The summed E-state index contributed by atoms with van der Waals surface area (Å²) in [7, 11) is 1.30. The number of nitrogens with one attached hydrogen (secondary N) is 1. The molecular weight excluding hydrogens is 433 g/mol. The summed E-state index contributed by atoms with van der Waals surface area (Å²) < 4.78 is 18.3. The number of allylic oxidation sites excluding steroid dienone is 1. The van der Waals surface area contributed by atoms with Crippen LogP contribution in [0.5, 0.6) is 0 Å². The van der Waals surface area contributed by atoms with E-state index in [0.29, 0.717) is 33.0 Å². The first-order valence-electron chi connectivity index (χ1n) is 7.12. The summed E-state index contributed by atoms with van der Waals surface area (Å²) in [5, 5.41) is 6.17. The third-order valence-corrected chi connectivity index (χ3v) is 5.22. The van der Waals surface area contributed by atoms with Crippen LogP contribution in [0.15, 0.2) is 46.0 Å². The molecule has 1 aliphatic rings. The molecule has 0 fully saturated rings. The number of thiazole rings is 1.